The van der Waals surface area contributed by atoms with E-state index in [1.807, 2.05) is 6.92 Å². The highest BCUT2D eigenvalue weighted by Crippen LogP contribution is 2.13. The largest absolute Gasteiger partial charge is 0.345 e. The summed E-state index contributed by atoms with van der Waals surface area (Å²) in [4.78, 5) is 0. The van der Waals surface area contributed by atoms with E-state index in [0.717, 1.165) is 12.0 Å². The van der Waals surface area contributed by atoms with Gasteiger partial charge in [-0.05, 0) is 18.1 Å². The number of alkyl halides is 2. The van der Waals surface area contributed by atoms with E-state index in [1.54, 1.807) is 6.07 Å². The molecule has 0 saturated carbocycles. The molecule has 14 heavy (non-hydrogen) atoms. The van der Waals surface area contributed by atoms with Crippen molar-refractivity contribution in [1.29, 1.82) is 0 Å². The van der Waals surface area contributed by atoms with Crippen LogP contribution in [0.15, 0.2) is 18.2 Å². The van der Waals surface area contributed by atoms with Gasteiger partial charge in [0.2, 0.25) is 0 Å². The summed E-state index contributed by atoms with van der Waals surface area (Å²) in [6.45, 7) is -1.35. The van der Waals surface area contributed by atoms with Gasteiger partial charge in [0.15, 0.2) is 0 Å². The standard InChI is InChI=1S/C10H11F3O/c1-2-7-3-4-9(11)8(5-7)6-14-10(12)13/h3-5,10H,2,6H2,1H3. The van der Waals surface area contributed by atoms with Crippen molar-refractivity contribution in [3.63, 3.8) is 0 Å². The summed E-state index contributed by atoms with van der Waals surface area (Å²) < 4.78 is 40.4. The Bertz CT molecular complexity index is 299. The molecule has 1 aromatic carbocycles. The van der Waals surface area contributed by atoms with Crippen molar-refractivity contribution in [2.75, 3.05) is 0 Å². The van der Waals surface area contributed by atoms with Crippen LogP contribution >= 0.6 is 0 Å². The molecule has 0 aliphatic heterocycles. The fourth-order valence-corrected chi connectivity index (χ4v) is 1.11. The van der Waals surface area contributed by atoms with Crippen molar-refractivity contribution in [2.45, 2.75) is 26.6 Å². The molecule has 0 saturated heterocycles. The normalized spacial score (nSPS) is 10.9. The van der Waals surface area contributed by atoms with Crippen LogP contribution in [-0.2, 0) is 17.8 Å². The molecule has 78 valence electrons. The number of halogens is 3. The van der Waals surface area contributed by atoms with Crippen molar-refractivity contribution < 1.29 is 17.9 Å². The van der Waals surface area contributed by atoms with E-state index >= 15 is 0 Å². The average Bonchev–Trinajstić information content (AvgIpc) is 2.16. The van der Waals surface area contributed by atoms with E-state index in [0.29, 0.717) is 0 Å². The summed E-state index contributed by atoms with van der Waals surface area (Å²) in [6, 6.07) is 4.43. The average molecular weight is 204 g/mol. The third-order valence-electron chi connectivity index (χ3n) is 1.88. The second-order valence-electron chi connectivity index (χ2n) is 2.85. The molecule has 0 N–H and O–H groups in total. The van der Waals surface area contributed by atoms with E-state index in [-0.39, 0.29) is 5.56 Å². The zero-order valence-electron chi connectivity index (χ0n) is 7.77. The fourth-order valence-electron chi connectivity index (χ4n) is 1.11. The van der Waals surface area contributed by atoms with Crippen molar-refractivity contribution in [3.05, 3.63) is 35.1 Å². The first kappa shape index (κ1) is 11.0. The third-order valence-corrected chi connectivity index (χ3v) is 1.88. The smallest absolute Gasteiger partial charge is 0.318 e. The molecule has 0 heterocycles. The first-order valence-electron chi connectivity index (χ1n) is 4.30. The highest BCUT2D eigenvalue weighted by molar-refractivity contribution is 5.24. The molecule has 0 aromatic heterocycles. The number of benzene rings is 1. The second-order valence-corrected chi connectivity index (χ2v) is 2.85. The SMILES string of the molecule is CCc1ccc(F)c(COC(F)F)c1. The minimum Gasteiger partial charge on any atom is -0.318 e. The maximum Gasteiger partial charge on any atom is 0.345 e. The molecule has 0 aliphatic rings. The Morgan fingerprint density at radius 1 is 1.36 bits per heavy atom. The van der Waals surface area contributed by atoms with Gasteiger partial charge in [0.25, 0.3) is 0 Å². The first-order valence-corrected chi connectivity index (χ1v) is 4.30. The molecule has 0 amide bonds. The lowest BCUT2D eigenvalue weighted by Crippen LogP contribution is -2.01. The first-order chi connectivity index (χ1) is 6.63. The lowest BCUT2D eigenvalue weighted by Gasteiger charge is -2.06. The van der Waals surface area contributed by atoms with Crippen molar-refractivity contribution in [1.82, 2.24) is 0 Å². The minimum atomic E-state index is -2.86. The molecule has 0 unspecified atom stereocenters. The zero-order valence-corrected chi connectivity index (χ0v) is 7.77. The van der Waals surface area contributed by atoms with Gasteiger partial charge in [-0.3, -0.25) is 0 Å². The number of hydrogen-bond acceptors (Lipinski definition) is 1. The lowest BCUT2D eigenvalue weighted by molar-refractivity contribution is -0.137. The van der Waals surface area contributed by atoms with E-state index in [2.05, 4.69) is 4.74 Å². The van der Waals surface area contributed by atoms with E-state index in [1.165, 1.54) is 12.1 Å². The molecule has 1 rings (SSSR count). The van der Waals surface area contributed by atoms with Gasteiger partial charge in [-0.25, -0.2) is 4.39 Å². The topological polar surface area (TPSA) is 9.23 Å². The maximum absolute atomic E-state index is 13.0. The Kier molecular flexibility index (Phi) is 3.95. The number of hydrogen-bond donors (Lipinski definition) is 0. The molecule has 0 aliphatic carbocycles. The van der Waals surface area contributed by atoms with Crippen molar-refractivity contribution >= 4 is 0 Å². The van der Waals surface area contributed by atoms with Gasteiger partial charge in [0, 0.05) is 5.56 Å². The maximum atomic E-state index is 13.0. The molecular weight excluding hydrogens is 193 g/mol. The van der Waals surface area contributed by atoms with Crippen LogP contribution in [0.25, 0.3) is 0 Å². The summed E-state index contributed by atoms with van der Waals surface area (Å²) in [7, 11) is 0. The van der Waals surface area contributed by atoms with E-state index in [4.69, 9.17) is 0 Å². The summed E-state index contributed by atoms with van der Waals surface area (Å²) in [5, 5.41) is 0. The zero-order chi connectivity index (χ0) is 10.6. The Labute approximate surface area is 80.5 Å². The van der Waals surface area contributed by atoms with Crippen LogP contribution in [0, 0.1) is 5.82 Å². The number of ether oxygens (including phenoxy) is 1. The molecule has 1 nitrogen and oxygen atoms in total. The summed E-state index contributed by atoms with van der Waals surface area (Å²) in [5.41, 5.74) is 1.07. The molecule has 0 fully saturated rings. The van der Waals surface area contributed by atoms with Crippen LogP contribution in [-0.4, -0.2) is 6.61 Å². The van der Waals surface area contributed by atoms with Crippen LogP contribution in [0.3, 0.4) is 0 Å². The van der Waals surface area contributed by atoms with Crippen LogP contribution in [0.2, 0.25) is 0 Å². The Hall–Kier alpha value is -1.03. The lowest BCUT2D eigenvalue weighted by atomic mass is 10.1. The molecule has 4 heteroatoms. The van der Waals surface area contributed by atoms with E-state index < -0.39 is 19.0 Å². The van der Waals surface area contributed by atoms with Gasteiger partial charge < -0.3 is 4.74 Å². The van der Waals surface area contributed by atoms with Crippen molar-refractivity contribution in [2.24, 2.45) is 0 Å². The molecule has 0 atom stereocenters. The summed E-state index contributed by atoms with van der Waals surface area (Å²) >= 11 is 0. The summed E-state index contributed by atoms with van der Waals surface area (Å²) in [5.74, 6) is -0.511. The second kappa shape index (κ2) is 5.00. The van der Waals surface area contributed by atoms with E-state index in [9.17, 15) is 13.2 Å². The Balaban J connectivity index is 2.73. The summed E-state index contributed by atoms with van der Waals surface area (Å²) in [6.07, 6.45) is 0.738. The van der Waals surface area contributed by atoms with Crippen LogP contribution in [0.4, 0.5) is 13.2 Å². The molecule has 0 spiro atoms. The highest BCUT2D eigenvalue weighted by Gasteiger charge is 2.07. The van der Waals surface area contributed by atoms with Crippen LogP contribution in [0.5, 0.6) is 0 Å². The monoisotopic (exact) mass is 204 g/mol. The predicted octanol–water partition coefficient (Wildman–Crippen LogP) is 3.13. The molecule has 0 radical (unpaired) electrons. The third kappa shape index (κ3) is 3.03. The number of rotatable bonds is 4. The van der Waals surface area contributed by atoms with Crippen LogP contribution < -0.4 is 0 Å². The molecule has 1 aromatic rings. The van der Waals surface area contributed by atoms with Gasteiger partial charge in [0.05, 0.1) is 6.61 Å². The quantitative estimate of drug-likeness (QED) is 0.732. The van der Waals surface area contributed by atoms with Gasteiger partial charge in [-0.2, -0.15) is 8.78 Å². The van der Waals surface area contributed by atoms with Crippen molar-refractivity contribution in [3.8, 4) is 0 Å². The van der Waals surface area contributed by atoms with Gasteiger partial charge >= 0.3 is 6.61 Å². The number of aryl methyl sites for hydroxylation is 1. The fraction of sp³-hybridized carbons (Fsp3) is 0.400. The minimum absolute atomic E-state index is 0.171. The Morgan fingerprint density at radius 3 is 2.64 bits per heavy atom. The predicted molar refractivity (Wildman–Crippen MR) is 46.6 cm³/mol. The van der Waals surface area contributed by atoms with Gasteiger partial charge in [-0.1, -0.05) is 19.1 Å². The van der Waals surface area contributed by atoms with Gasteiger partial charge in [-0.15, -0.1) is 0 Å². The Morgan fingerprint density at radius 2 is 2.07 bits per heavy atom. The van der Waals surface area contributed by atoms with Gasteiger partial charge in [0.1, 0.15) is 5.82 Å². The molecule has 0 bridgehead atoms. The highest BCUT2D eigenvalue weighted by atomic mass is 19.3. The van der Waals surface area contributed by atoms with Crippen LogP contribution in [0.1, 0.15) is 18.1 Å². The molecular formula is C10H11F3O.